The van der Waals surface area contributed by atoms with E-state index < -0.39 is 39.6 Å². The van der Waals surface area contributed by atoms with Crippen LogP contribution < -0.4 is 26.0 Å². The molecule has 13 heteroatoms. The lowest BCUT2D eigenvalue weighted by atomic mass is 10.1. The lowest BCUT2D eigenvalue weighted by Crippen LogP contribution is -2.47. The summed E-state index contributed by atoms with van der Waals surface area (Å²) in [6.45, 7) is 4.62. The van der Waals surface area contributed by atoms with Gasteiger partial charge >= 0.3 is 0 Å². The first kappa shape index (κ1) is 28.4. The molecule has 0 aromatic heterocycles. The number of benzene rings is 2. The average Bonchev–Trinajstić information content (AvgIpc) is 3.52. The van der Waals surface area contributed by atoms with E-state index >= 15 is 0 Å². The van der Waals surface area contributed by atoms with Crippen LogP contribution in [0.25, 0.3) is 0 Å². The number of rotatable bonds is 13. The van der Waals surface area contributed by atoms with Crippen LogP contribution in [0.4, 0.5) is 11.4 Å². The molecule has 0 saturated carbocycles. The molecule has 2 aromatic rings. The second-order valence-corrected chi connectivity index (χ2v) is 11.2. The van der Waals surface area contributed by atoms with Crippen LogP contribution in [-0.2, 0) is 19.6 Å². The third kappa shape index (κ3) is 7.26. The van der Waals surface area contributed by atoms with E-state index in [1.165, 1.54) is 56.2 Å². The molecule has 2 heterocycles. The Hall–Kier alpha value is -3.65. The molecule has 0 bridgehead atoms. The Labute approximate surface area is 227 Å². The van der Waals surface area contributed by atoms with Gasteiger partial charge in [-0.05, 0) is 88.3 Å². The molecule has 2 aliphatic heterocycles. The molecule has 0 spiro atoms. The van der Waals surface area contributed by atoms with Gasteiger partial charge in [0, 0.05) is 17.9 Å². The highest BCUT2D eigenvalue weighted by Gasteiger charge is 2.27. The van der Waals surface area contributed by atoms with Gasteiger partial charge in [0.1, 0.15) is 6.04 Å². The fourth-order valence-electron chi connectivity index (χ4n) is 4.48. The van der Waals surface area contributed by atoms with E-state index in [1.807, 2.05) is 0 Å². The van der Waals surface area contributed by atoms with Gasteiger partial charge in [-0.15, -0.1) is 0 Å². The van der Waals surface area contributed by atoms with Crippen LogP contribution in [0.3, 0.4) is 0 Å². The number of nitrogens with zero attached hydrogens (tertiary/aromatic N) is 1. The predicted octanol–water partition coefficient (Wildman–Crippen LogP) is 0.890. The summed E-state index contributed by atoms with van der Waals surface area (Å²) in [6, 6.07) is 9.16. The van der Waals surface area contributed by atoms with Crippen molar-refractivity contribution in [2.24, 2.45) is 0 Å². The normalized spacial score (nSPS) is 16.0. The molecule has 0 aliphatic carbocycles. The Morgan fingerprint density at radius 3 is 2.33 bits per heavy atom. The molecular formula is C26H32N6O6S. The zero-order valence-electron chi connectivity index (χ0n) is 21.6. The number of ketones is 1. The second-order valence-electron chi connectivity index (χ2n) is 9.46. The SMILES string of the molecule is CC(=O)C(NCNc1ccc2c(c1)C(=O)NC2=O)C(=O)Nc1ccc(S(=O)(=O)NCCCN2CCCC2)cc1. The molecule has 39 heavy (non-hydrogen) atoms. The zero-order valence-corrected chi connectivity index (χ0v) is 22.4. The minimum atomic E-state index is -3.68. The molecule has 12 nitrogen and oxygen atoms in total. The molecule has 1 atom stereocenters. The lowest BCUT2D eigenvalue weighted by molar-refractivity contribution is -0.127. The Morgan fingerprint density at radius 2 is 1.64 bits per heavy atom. The number of carbonyl (C=O) groups excluding carboxylic acids is 4. The Morgan fingerprint density at radius 1 is 0.974 bits per heavy atom. The van der Waals surface area contributed by atoms with Gasteiger partial charge in [-0.2, -0.15) is 0 Å². The topological polar surface area (TPSA) is 166 Å². The quantitative estimate of drug-likeness (QED) is 0.104. The van der Waals surface area contributed by atoms with Crippen LogP contribution in [0.15, 0.2) is 47.4 Å². The molecule has 2 aliphatic rings. The van der Waals surface area contributed by atoms with Gasteiger partial charge < -0.3 is 15.5 Å². The average molecular weight is 557 g/mol. The maximum absolute atomic E-state index is 12.7. The first-order chi connectivity index (χ1) is 18.6. The molecule has 4 rings (SSSR count). The van der Waals surface area contributed by atoms with Crippen LogP contribution in [0.1, 0.15) is 46.9 Å². The van der Waals surface area contributed by atoms with Gasteiger partial charge in [-0.1, -0.05) is 0 Å². The molecule has 0 radical (unpaired) electrons. The van der Waals surface area contributed by atoms with Crippen molar-refractivity contribution < 1.29 is 27.6 Å². The molecule has 1 saturated heterocycles. The second kappa shape index (κ2) is 12.5. The number of hydrogen-bond acceptors (Lipinski definition) is 9. The van der Waals surface area contributed by atoms with Crippen molar-refractivity contribution in [2.75, 3.05) is 43.5 Å². The highest BCUT2D eigenvalue weighted by atomic mass is 32.2. The number of fused-ring (bicyclic) bond motifs is 1. The zero-order chi connectivity index (χ0) is 28.0. The summed E-state index contributed by atoms with van der Waals surface area (Å²) in [5.41, 5.74) is 1.39. The third-order valence-corrected chi connectivity index (χ3v) is 8.05. The van der Waals surface area contributed by atoms with Gasteiger partial charge in [0.2, 0.25) is 15.9 Å². The fraction of sp³-hybridized carbons (Fsp3) is 0.385. The fourth-order valence-corrected chi connectivity index (χ4v) is 5.56. The smallest absolute Gasteiger partial charge is 0.259 e. The van der Waals surface area contributed by atoms with Crippen molar-refractivity contribution >= 4 is 44.9 Å². The Balaban J connectivity index is 1.26. The number of nitrogens with one attached hydrogen (secondary N) is 5. The standard InChI is InChI=1S/C26H32N6O6S/c1-17(33)23(28-16-27-19-7-10-21-22(15-19)25(35)31-24(21)34)26(36)30-18-5-8-20(9-6-18)39(37,38)29-11-4-14-32-12-2-3-13-32/h5-10,15,23,27-29H,2-4,11-14,16H2,1H3,(H,30,36)(H,31,34,35). The van der Waals surface area contributed by atoms with E-state index in [-0.39, 0.29) is 22.7 Å². The summed E-state index contributed by atoms with van der Waals surface area (Å²) in [7, 11) is -3.68. The summed E-state index contributed by atoms with van der Waals surface area (Å²) in [5.74, 6) is -1.98. The molecule has 3 amide bonds. The predicted molar refractivity (Wildman–Crippen MR) is 145 cm³/mol. The summed E-state index contributed by atoms with van der Waals surface area (Å²) < 4.78 is 27.8. The maximum atomic E-state index is 12.7. The van der Waals surface area contributed by atoms with Crippen LogP contribution in [-0.4, -0.2) is 75.7 Å². The molecule has 2 aromatic carbocycles. The number of carbonyl (C=O) groups is 4. The van der Waals surface area contributed by atoms with Crippen molar-refractivity contribution in [2.45, 2.75) is 37.1 Å². The van der Waals surface area contributed by atoms with Gasteiger partial charge in [-0.25, -0.2) is 13.1 Å². The van der Waals surface area contributed by atoms with E-state index in [1.54, 1.807) is 6.07 Å². The third-order valence-electron chi connectivity index (χ3n) is 6.58. The van der Waals surface area contributed by atoms with E-state index in [9.17, 15) is 27.6 Å². The van der Waals surface area contributed by atoms with Gasteiger partial charge in [0.05, 0.1) is 22.7 Å². The highest BCUT2D eigenvalue weighted by Crippen LogP contribution is 2.20. The first-order valence-corrected chi connectivity index (χ1v) is 14.2. The van der Waals surface area contributed by atoms with Crippen LogP contribution in [0, 0.1) is 0 Å². The van der Waals surface area contributed by atoms with Crippen molar-refractivity contribution in [3.05, 3.63) is 53.6 Å². The van der Waals surface area contributed by atoms with Gasteiger partial charge in [0.15, 0.2) is 5.78 Å². The molecule has 208 valence electrons. The number of anilines is 2. The molecule has 1 unspecified atom stereocenters. The van der Waals surface area contributed by atoms with Gasteiger partial charge in [0.25, 0.3) is 11.8 Å². The monoisotopic (exact) mass is 556 g/mol. The minimum Gasteiger partial charge on any atom is -0.372 e. The number of amides is 3. The van der Waals surface area contributed by atoms with E-state index in [0.29, 0.717) is 17.9 Å². The molecule has 1 fully saturated rings. The molecule has 5 N–H and O–H groups in total. The number of Topliss-reactive ketones (excluding diaryl/α,β-unsaturated/α-hetero) is 1. The Kier molecular flexibility index (Phi) is 9.07. The summed E-state index contributed by atoms with van der Waals surface area (Å²) in [5, 5.41) is 10.6. The summed E-state index contributed by atoms with van der Waals surface area (Å²) >= 11 is 0. The number of sulfonamides is 1. The minimum absolute atomic E-state index is 0.0205. The van der Waals surface area contributed by atoms with Crippen molar-refractivity contribution in [1.29, 1.82) is 0 Å². The Bertz CT molecular complexity index is 1360. The van der Waals surface area contributed by atoms with E-state index in [2.05, 4.69) is 30.9 Å². The summed E-state index contributed by atoms with van der Waals surface area (Å²) in [6.07, 6.45) is 3.10. The van der Waals surface area contributed by atoms with E-state index in [0.717, 1.165) is 26.1 Å². The van der Waals surface area contributed by atoms with Crippen molar-refractivity contribution in [3.8, 4) is 0 Å². The van der Waals surface area contributed by atoms with Gasteiger partial charge in [-0.3, -0.25) is 29.8 Å². The van der Waals surface area contributed by atoms with Crippen molar-refractivity contribution in [3.63, 3.8) is 0 Å². The van der Waals surface area contributed by atoms with Crippen LogP contribution >= 0.6 is 0 Å². The molecular weight excluding hydrogens is 524 g/mol. The van der Waals surface area contributed by atoms with Crippen molar-refractivity contribution in [1.82, 2.24) is 20.3 Å². The number of likely N-dealkylation sites (tertiary alicyclic amines) is 1. The lowest BCUT2D eigenvalue weighted by Gasteiger charge is -2.17. The van der Waals surface area contributed by atoms with Crippen LogP contribution in [0.5, 0.6) is 0 Å². The summed E-state index contributed by atoms with van der Waals surface area (Å²) in [4.78, 5) is 50.8. The van der Waals surface area contributed by atoms with Crippen LogP contribution in [0.2, 0.25) is 0 Å². The maximum Gasteiger partial charge on any atom is 0.259 e. The highest BCUT2D eigenvalue weighted by molar-refractivity contribution is 7.89. The largest absolute Gasteiger partial charge is 0.372 e. The van der Waals surface area contributed by atoms with E-state index in [4.69, 9.17) is 0 Å². The number of hydrogen-bond donors (Lipinski definition) is 5. The first-order valence-electron chi connectivity index (χ1n) is 12.7. The number of imide groups is 1.